The number of nitrogens with zero attached hydrogens (tertiary/aromatic N) is 2. The van der Waals surface area contributed by atoms with Gasteiger partial charge in [-0.3, -0.25) is 0 Å². The quantitative estimate of drug-likeness (QED) is 0.380. The molecule has 3 heteroatoms. The van der Waals surface area contributed by atoms with Gasteiger partial charge in [-0.15, -0.1) is 0 Å². The third-order valence-corrected chi connectivity index (χ3v) is 5.34. The molecule has 0 aliphatic carbocycles. The fourth-order valence-electron chi connectivity index (χ4n) is 3.69. The summed E-state index contributed by atoms with van der Waals surface area (Å²) in [5.41, 5.74) is 5.04. The normalized spacial score (nSPS) is 13.3. The molecule has 0 aromatic heterocycles. The molecule has 0 bridgehead atoms. The van der Waals surface area contributed by atoms with Crippen LogP contribution < -0.4 is 4.74 Å². The first-order valence-electron chi connectivity index (χ1n) is 11.1. The highest BCUT2D eigenvalue weighted by Crippen LogP contribution is 2.37. The largest absolute Gasteiger partial charge is 0.457 e. The number of ether oxygens (including phenoxy) is 1. The summed E-state index contributed by atoms with van der Waals surface area (Å²) < 4.78 is 6.17. The van der Waals surface area contributed by atoms with Crippen LogP contribution in [0.2, 0.25) is 0 Å². The Hall–Kier alpha value is -2.36. The molecule has 3 rings (SSSR count). The first kappa shape index (κ1) is 22.3. The number of rotatable bonds is 10. The van der Waals surface area contributed by atoms with Crippen LogP contribution in [0, 0.1) is 0 Å². The van der Waals surface area contributed by atoms with Crippen molar-refractivity contribution >= 4 is 12.2 Å². The van der Waals surface area contributed by atoms with E-state index in [1.165, 1.54) is 35.1 Å². The van der Waals surface area contributed by atoms with Crippen molar-refractivity contribution in [3.8, 4) is 11.5 Å². The molecule has 0 unspecified atom stereocenters. The lowest BCUT2D eigenvalue weighted by atomic mass is 9.96. The summed E-state index contributed by atoms with van der Waals surface area (Å²) >= 11 is 0. The van der Waals surface area contributed by atoms with Crippen molar-refractivity contribution in [1.29, 1.82) is 0 Å². The van der Waals surface area contributed by atoms with Crippen LogP contribution in [-0.2, 0) is 6.42 Å². The van der Waals surface area contributed by atoms with Crippen LogP contribution in [0.25, 0.3) is 12.2 Å². The number of fused-ring (bicyclic) bond motifs is 2. The lowest BCUT2D eigenvalue weighted by Crippen LogP contribution is -2.12. The van der Waals surface area contributed by atoms with E-state index in [1.54, 1.807) is 0 Å². The summed E-state index contributed by atoms with van der Waals surface area (Å²) in [6.45, 7) is 2.26. The minimum Gasteiger partial charge on any atom is -0.457 e. The zero-order valence-electron chi connectivity index (χ0n) is 19.0. The van der Waals surface area contributed by atoms with Crippen molar-refractivity contribution < 1.29 is 4.74 Å². The molecule has 1 aliphatic rings. The van der Waals surface area contributed by atoms with Gasteiger partial charge in [-0.25, -0.2) is 0 Å². The first-order chi connectivity index (χ1) is 14.5. The topological polar surface area (TPSA) is 15.7 Å². The van der Waals surface area contributed by atoms with Crippen molar-refractivity contribution in [3.05, 3.63) is 70.8 Å². The first-order valence-corrected chi connectivity index (χ1v) is 11.1. The molecule has 0 amide bonds. The van der Waals surface area contributed by atoms with E-state index in [2.05, 4.69) is 98.7 Å². The van der Waals surface area contributed by atoms with Gasteiger partial charge in [0.25, 0.3) is 0 Å². The van der Waals surface area contributed by atoms with E-state index < -0.39 is 0 Å². The highest BCUT2D eigenvalue weighted by molar-refractivity contribution is 5.60. The van der Waals surface area contributed by atoms with Gasteiger partial charge in [0, 0.05) is 6.42 Å². The SMILES string of the molecule is CN(C)CCC/C=C/c1ccc2c(c1)Cc1cc(/C=C/CCCN(C)C)ccc1O2. The van der Waals surface area contributed by atoms with Crippen molar-refractivity contribution in [1.82, 2.24) is 9.80 Å². The number of unbranched alkanes of at least 4 members (excludes halogenated alkanes) is 2. The Kier molecular flexibility index (Phi) is 8.30. The van der Waals surface area contributed by atoms with Crippen molar-refractivity contribution in [2.45, 2.75) is 32.1 Å². The maximum atomic E-state index is 6.17. The van der Waals surface area contributed by atoms with Gasteiger partial charge in [0.2, 0.25) is 0 Å². The molecular formula is C27H36N2O. The molecule has 1 aliphatic heterocycles. The smallest absolute Gasteiger partial charge is 0.131 e. The van der Waals surface area contributed by atoms with Gasteiger partial charge >= 0.3 is 0 Å². The molecule has 3 nitrogen and oxygen atoms in total. The molecule has 160 valence electrons. The van der Waals surface area contributed by atoms with E-state index in [1.807, 2.05) is 0 Å². The summed E-state index contributed by atoms with van der Waals surface area (Å²) in [6.07, 6.45) is 14.6. The van der Waals surface area contributed by atoms with Crippen molar-refractivity contribution in [2.24, 2.45) is 0 Å². The summed E-state index contributed by atoms with van der Waals surface area (Å²) in [7, 11) is 8.49. The van der Waals surface area contributed by atoms with Crippen molar-refractivity contribution in [2.75, 3.05) is 41.3 Å². The molecule has 0 saturated carbocycles. The summed E-state index contributed by atoms with van der Waals surface area (Å²) in [5, 5.41) is 0. The maximum absolute atomic E-state index is 6.17. The van der Waals surface area contributed by atoms with E-state index >= 15 is 0 Å². The van der Waals surface area contributed by atoms with Gasteiger partial charge in [0.05, 0.1) is 0 Å². The highest BCUT2D eigenvalue weighted by Gasteiger charge is 2.17. The average molecular weight is 405 g/mol. The Bertz CT molecular complexity index is 809. The zero-order chi connectivity index (χ0) is 21.3. The average Bonchev–Trinajstić information content (AvgIpc) is 2.71. The maximum Gasteiger partial charge on any atom is 0.131 e. The Balaban J connectivity index is 1.61. The molecule has 1 heterocycles. The van der Waals surface area contributed by atoms with Crippen LogP contribution in [0.5, 0.6) is 11.5 Å². The monoisotopic (exact) mass is 404 g/mol. The van der Waals surface area contributed by atoms with Gasteiger partial charge in [-0.05, 0) is 113 Å². The van der Waals surface area contributed by atoms with E-state index in [9.17, 15) is 0 Å². The Morgan fingerprint density at radius 2 is 1.20 bits per heavy atom. The van der Waals surface area contributed by atoms with Crippen LogP contribution in [-0.4, -0.2) is 51.1 Å². The molecule has 2 aromatic rings. The van der Waals surface area contributed by atoms with E-state index in [4.69, 9.17) is 4.74 Å². The van der Waals surface area contributed by atoms with Gasteiger partial charge in [0.1, 0.15) is 11.5 Å². The second-order valence-corrected chi connectivity index (χ2v) is 8.71. The number of hydrogen-bond acceptors (Lipinski definition) is 3. The third kappa shape index (κ3) is 6.86. The Labute approximate surface area is 182 Å². The summed E-state index contributed by atoms with van der Waals surface area (Å²) in [4.78, 5) is 4.46. The standard InChI is InChI=1S/C27H36N2O/c1-28(2)17-9-5-7-11-22-13-15-26-24(19-22)21-25-20-23(14-16-27(25)30-26)12-8-6-10-18-29(3)4/h7-8,11-16,19-20H,5-6,9-10,17-18,21H2,1-4H3/b11-7+,12-8+. The Morgan fingerprint density at radius 3 is 1.63 bits per heavy atom. The van der Waals surface area contributed by atoms with Crippen LogP contribution in [0.3, 0.4) is 0 Å². The Morgan fingerprint density at radius 1 is 0.733 bits per heavy atom. The van der Waals surface area contributed by atoms with Gasteiger partial charge < -0.3 is 14.5 Å². The molecular weight excluding hydrogens is 368 g/mol. The summed E-state index contributed by atoms with van der Waals surface area (Å²) in [5.74, 6) is 1.97. The fourth-order valence-corrected chi connectivity index (χ4v) is 3.69. The molecule has 0 spiro atoms. The highest BCUT2D eigenvalue weighted by atomic mass is 16.5. The predicted octanol–water partition coefficient (Wildman–Crippen LogP) is 6.09. The van der Waals surface area contributed by atoms with E-state index in [0.29, 0.717) is 0 Å². The number of hydrogen-bond donors (Lipinski definition) is 0. The third-order valence-electron chi connectivity index (χ3n) is 5.34. The van der Waals surface area contributed by atoms with E-state index in [-0.39, 0.29) is 0 Å². The number of benzene rings is 2. The second kappa shape index (κ2) is 11.1. The van der Waals surface area contributed by atoms with Gasteiger partial charge in [-0.1, -0.05) is 36.4 Å². The lowest BCUT2D eigenvalue weighted by molar-refractivity contribution is 0.402. The second-order valence-electron chi connectivity index (χ2n) is 8.71. The van der Waals surface area contributed by atoms with Crippen LogP contribution in [0.1, 0.15) is 47.9 Å². The molecule has 0 fully saturated rings. The minimum absolute atomic E-state index is 0.926. The van der Waals surface area contributed by atoms with Crippen molar-refractivity contribution in [3.63, 3.8) is 0 Å². The fraction of sp³-hybridized carbons (Fsp3) is 0.407. The van der Waals surface area contributed by atoms with Crippen LogP contribution in [0.4, 0.5) is 0 Å². The minimum atomic E-state index is 0.926. The molecule has 0 saturated heterocycles. The molecule has 2 aromatic carbocycles. The van der Waals surface area contributed by atoms with Gasteiger partial charge in [-0.2, -0.15) is 0 Å². The predicted molar refractivity (Wildman–Crippen MR) is 129 cm³/mol. The molecule has 0 N–H and O–H groups in total. The molecule has 0 radical (unpaired) electrons. The van der Waals surface area contributed by atoms with Crippen LogP contribution in [0.15, 0.2) is 48.6 Å². The zero-order valence-corrected chi connectivity index (χ0v) is 19.0. The lowest BCUT2D eigenvalue weighted by Gasteiger charge is -2.21. The van der Waals surface area contributed by atoms with Crippen LogP contribution >= 0.6 is 0 Å². The molecule has 30 heavy (non-hydrogen) atoms. The van der Waals surface area contributed by atoms with E-state index in [0.717, 1.165) is 43.9 Å². The number of allylic oxidation sites excluding steroid dienone is 2. The molecule has 0 atom stereocenters. The van der Waals surface area contributed by atoms with Gasteiger partial charge in [0.15, 0.2) is 0 Å². The summed E-state index contributed by atoms with van der Waals surface area (Å²) in [6, 6.07) is 13.1.